The maximum Gasteiger partial charge on any atom is 0.227 e. The van der Waals surface area contributed by atoms with Gasteiger partial charge in [0.05, 0.1) is 17.4 Å². The SMILES string of the molecule is O=C(NCc1ccc(N2CCCC2=O)cc1)[C@H]1CCS(=O)(=O)C1. The van der Waals surface area contributed by atoms with E-state index in [1.54, 1.807) is 4.90 Å². The maximum absolute atomic E-state index is 12.0. The predicted octanol–water partition coefficient (Wildman–Crippen LogP) is 0.864. The lowest BCUT2D eigenvalue weighted by Gasteiger charge is -2.16. The van der Waals surface area contributed by atoms with Crippen molar-refractivity contribution in [1.29, 1.82) is 0 Å². The van der Waals surface area contributed by atoms with Crippen LogP contribution < -0.4 is 10.2 Å². The number of hydrogen-bond acceptors (Lipinski definition) is 4. The first-order valence-electron chi connectivity index (χ1n) is 7.82. The minimum Gasteiger partial charge on any atom is -0.352 e. The number of hydrogen-bond donors (Lipinski definition) is 1. The summed E-state index contributed by atoms with van der Waals surface area (Å²) < 4.78 is 22.8. The molecule has 2 amide bonds. The van der Waals surface area contributed by atoms with Gasteiger partial charge in [0, 0.05) is 25.2 Å². The number of nitrogens with one attached hydrogen (secondary N) is 1. The first-order valence-corrected chi connectivity index (χ1v) is 9.64. The molecule has 0 spiro atoms. The summed E-state index contributed by atoms with van der Waals surface area (Å²) in [6.45, 7) is 1.12. The molecule has 6 nitrogen and oxygen atoms in total. The fourth-order valence-electron chi connectivity index (χ4n) is 3.05. The third-order valence-corrected chi connectivity index (χ3v) is 6.16. The quantitative estimate of drug-likeness (QED) is 0.884. The Hall–Kier alpha value is -1.89. The molecular weight excluding hydrogens is 316 g/mol. The summed E-state index contributed by atoms with van der Waals surface area (Å²) in [6.07, 6.45) is 1.90. The molecule has 0 radical (unpaired) electrons. The van der Waals surface area contributed by atoms with Gasteiger partial charge in [-0.2, -0.15) is 0 Å². The van der Waals surface area contributed by atoms with Gasteiger partial charge in [-0.1, -0.05) is 12.1 Å². The minimum atomic E-state index is -3.04. The second-order valence-corrected chi connectivity index (χ2v) is 8.36. The van der Waals surface area contributed by atoms with Crippen molar-refractivity contribution in [3.8, 4) is 0 Å². The van der Waals surface area contributed by atoms with E-state index in [2.05, 4.69) is 5.32 Å². The smallest absolute Gasteiger partial charge is 0.227 e. The van der Waals surface area contributed by atoms with Gasteiger partial charge in [-0.15, -0.1) is 0 Å². The molecule has 0 bridgehead atoms. The zero-order chi connectivity index (χ0) is 16.4. The fraction of sp³-hybridized carbons (Fsp3) is 0.500. The zero-order valence-electron chi connectivity index (χ0n) is 12.8. The van der Waals surface area contributed by atoms with Crippen LogP contribution in [0, 0.1) is 5.92 Å². The van der Waals surface area contributed by atoms with Crippen LogP contribution in [0.25, 0.3) is 0 Å². The average Bonchev–Trinajstić information content (AvgIpc) is 3.11. The van der Waals surface area contributed by atoms with Crippen LogP contribution in [0.4, 0.5) is 5.69 Å². The monoisotopic (exact) mass is 336 g/mol. The summed E-state index contributed by atoms with van der Waals surface area (Å²) in [7, 11) is -3.04. The molecule has 0 saturated carbocycles. The zero-order valence-corrected chi connectivity index (χ0v) is 13.6. The lowest BCUT2D eigenvalue weighted by atomic mass is 10.1. The second kappa shape index (κ2) is 6.31. The molecular formula is C16H20N2O4S. The molecule has 23 heavy (non-hydrogen) atoms. The Morgan fingerprint density at radius 1 is 1.26 bits per heavy atom. The third kappa shape index (κ3) is 3.72. The Balaban J connectivity index is 1.54. The van der Waals surface area contributed by atoms with Crippen molar-refractivity contribution in [1.82, 2.24) is 5.32 Å². The Morgan fingerprint density at radius 3 is 2.57 bits per heavy atom. The molecule has 124 valence electrons. The normalized spacial score (nSPS) is 23.2. The van der Waals surface area contributed by atoms with E-state index in [1.165, 1.54) is 0 Å². The Bertz CT molecular complexity index is 712. The van der Waals surface area contributed by atoms with Gasteiger partial charge in [-0.3, -0.25) is 9.59 Å². The molecule has 0 unspecified atom stereocenters. The predicted molar refractivity (Wildman–Crippen MR) is 86.6 cm³/mol. The summed E-state index contributed by atoms with van der Waals surface area (Å²) in [4.78, 5) is 25.5. The van der Waals surface area contributed by atoms with Gasteiger partial charge in [-0.05, 0) is 30.5 Å². The van der Waals surface area contributed by atoms with Crippen LogP contribution in [0.5, 0.6) is 0 Å². The number of amides is 2. The van der Waals surface area contributed by atoms with Gasteiger partial charge < -0.3 is 10.2 Å². The first-order chi connectivity index (χ1) is 10.9. The summed E-state index contributed by atoms with van der Waals surface area (Å²) >= 11 is 0. The van der Waals surface area contributed by atoms with E-state index in [9.17, 15) is 18.0 Å². The third-order valence-electron chi connectivity index (χ3n) is 4.39. The van der Waals surface area contributed by atoms with Crippen molar-refractivity contribution < 1.29 is 18.0 Å². The van der Waals surface area contributed by atoms with E-state index >= 15 is 0 Å². The Morgan fingerprint density at radius 2 is 2.00 bits per heavy atom. The number of benzene rings is 1. The van der Waals surface area contributed by atoms with Crippen LogP contribution >= 0.6 is 0 Å². The highest BCUT2D eigenvalue weighted by atomic mass is 32.2. The van der Waals surface area contributed by atoms with Crippen LogP contribution in [0.2, 0.25) is 0 Å². The summed E-state index contributed by atoms with van der Waals surface area (Å²) in [5.74, 6) is -0.432. The van der Waals surface area contributed by atoms with Crippen molar-refractivity contribution in [2.75, 3.05) is 23.0 Å². The average molecular weight is 336 g/mol. The lowest BCUT2D eigenvalue weighted by Crippen LogP contribution is -2.31. The van der Waals surface area contributed by atoms with Gasteiger partial charge in [0.15, 0.2) is 9.84 Å². The standard InChI is InChI=1S/C16H20N2O4S/c19-15-2-1-8-18(15)14-5-3-12(4-6-14)10-17-16(20)13-7-9-23(21,22)11-13/h3-6,13H,1-2,7-11H2,(H,17,20)/t13-/m0/s1. The molecule has 2 fully saturated rings. The molecule has 0 aliphatic carbocycles. The largest absolute Gasteiger partial charge is 0.352 e. The molecule has 1 aromatic carbocycles. The summed E-state index contributed by atoms with van der Waals surface area (Å²) in [5, 5.41) is 2.79. The van der Waals surface area contributed by atoms with E-state index in [-0.39, 0.29) is 23.3 Å². The van der Waals surface area contributed by atoms with Gasteiger partial charge in [-0.25, -0.2) is 8.42 Å². The minimum absolute atomic E-state index is 0.0468. The van der Waals surface area contributed by atoms with Gasteiger partial charge >= 0.3 is 0 Å². The number of sulfone groups is 1. The molecule has 2 heterocycles. The van der Waals surface area contributed by atoms with Crippen LogP contribution in [0.15, 0.2) is 24.3 Å². The van der Waals surface area contributed by atoms with Crippen LogP contribution in [-0.4, -0.2) is 38.3 Å². The molecule has 0 aromatic heterocycles. The molecule has 2 aliphatic rings. The van der Waals surface area contributed by atoms with Crippen molar-refractivity contribution in [2.24, 2.45) is 5.92 Å². The van der Waals surface area contributed by atoms with Crippen molar-refractivity contribution in [3.63, 3.8) is 0 Å². The number of nitrogens with zero attached hydrogens (tertiary/aromatic N) is 1. The molecule has 1 atom stereocenters. The molecule has 2 saturated heterocycles. The van der Waals surface area contributed by atoms with E-state index in [0.29, 0.717) is 19.4 Å². The first kappa shape index (κ1) is 16.0. The molecule has 1 N–H and O–H groups in total. The topological polar surface area (TPSA) is 83.6 Å². The van der Waals surface area contributed by atoms with Gasteiger partial charge in [0.2, 0.25) is 11.8 Å². The van der Waals surface area contributed by atoms with E-state index in [1.807, 2.05) is 24.3 Å². The Kier molecular flexibility index (Phi) is 4.39. The maximum atomic E-state index is 12.0. The highest BCUT2D eigenvalue weighted by molar-refractivity contribution is 7.91. The van der Waals surface area contributed by atoms with Crippen molar-refractivity contribution >= 4 is 27.3 Å². The van der Waals surface area contributed by atoms with Crippen LogP contribution in [-0.2, 0) is 26.0 Å². The van der Waals surface area contributed by atoms with Crippen molar-refractivity contribution in [3.05, 3.63) is 29.8 Å². The second-order valence-electron chi connectivity index (χ2n) is 6.13. The highest BCUT2D eigenvalue weighted by Gasteiger charge is 2.32. The van der Waals surface area contributed by atoms with Gasteiger partial charge in [0.1, 0.15) is 0 Å². The number of carbonyl (C=O) groups is 2. The van der Waals surface area contributed by atoms with Gasteiger partial charge in [0.25, 0.3) is 0 Å². The number of rotatable bonds is 4. The number of carbonyl (C=O) groups excluding carboxylic acids is 2. The summed E-state index contributed by atoms with van der Waals surface area (Å²) in [6, 6.07) is 7.52. The van der Waals surface area contributed by atoms with E-state index in [0.717, 1.165) is 24.2 Å². The molecule has 7 heteroatoms. The Labute approximate surface area is 135 Å². The lowest BCUT2D eigenvalue weighted by molar-refractivity contribution is -0.124. The van der Waals surface area contributed by atoms with Crippen LogP contribution in [0.1, 0.15) is 24.8 Å². The van der Waals surface area contributed by atoms with E-state index in [4.69, 9.17) is 0 Å². The molecule has 1 aromatic rings. The summed E-state index contributed by atoms with van der Waals surface area (Å²) in [5.41, 5.74) is 1.80. The van der Waals surface area contributed by atoms with Crippen LogP contribution in [0.3, 0.4) is 0 Å². The highest BCUT2D eigenvalue weighted by Crippen LogP contribution is 2.22. The van der Waals surface area contributed by atoms with Crippen molar-refractivity contribution in [2.45, 2.75) is 25.8 Å². The molecule has 2 aliphatic heterocycles. The number of anilines is 1. The van der Waals surface area contributed by atoms with E-state index < -0.39 is 15.8 Å². The fourth-order valence-corrected chi connectivity index (χ4v) is 4.79. The molecule has 3 rings (SSSR count).